The van der Waals surface area contributed by atoms with Crippen LogP contribution in [0.2, 0.25) is 0 Å². The highest BCUT2D eigenvalue weighted by Crippen LogP contribution is 2.29. The summed E-state index contributed by atoms with van der Waals surface area (Å²) in [6, 6.07) is 3.32. The Balaban J connectivity index is 2.15. The number of rotatable bonds is 5. The van der Waals surface area contributed by atoms with Crippen LogP contribution in [0.4, 0.5) is 0 Å². The van der Waals surface area contributed by atoms with Gasteiger partial charge in [-0.2, -0.15) is 0 Å². The minimum Gasteiger partial charge on any atom is -0.466 e. The maximum absolute atomic E-state index is 5.71. The van der Waals surface area contributed by atoms with Crippen molar-refractivity contribution in [3.8, 4) is 0 Å². The summed E-state index contributed by atoms with van der Waals surface area (Å²) in [6.07, 6.45) is 3.81. The fraction of sp³-hybridized carbons (Fsp3) is 0.750. The molecule has 1 fully saturated rings. The monoisotopic (exact) mass is 264 g/mol. The Morgan fingerprint density at radius 1 is 1.47 bits per heavy atom. The molecular formula is C16H28N2O. The molecule has 0 bridgehead atoms. The molecule has 1 aliphatic rings. The molecule has 1 aromatic rings. The maximum Gasteiger partial charge on any atom is 0.105 e. The number of furan rings is 1. The molecule has 3 nitrogen and oxygen atoms in total. The van der Waals surface area contributed by atoms with Crippen molar-refractivity contribution >= 4 is 0 Å². The zero-order valence-electron chi connectivity index (χ0n) is 12.8. The summed E-state index contributed by atoms with van der Waals surface area (Å²) in [5.41, 5.74) is 1.36. The molecule has 0 aromatic carbocycles. The molecule has 1 aliphatic heterocycles. The van der Waals surface area contributed by atoms with Gasteiger partial charge in [-0.3, -0.25) is 4.90 Å². The lowest BCUT2D eigenvalue weighted by Crippen LogP contribution is -2.47. The third-order valence-electron chi connectivity index (χ3n) is 4.25. The normalized spacial score (nSPS) is 21.8. The largest absolute Gasteiger partial charge is 0.466 e. The van der Waals surface area contributed by atoms with E-state index in [2.05, 4.69) is 37.1 Å². The van der Waals surface area contributed by atoms with Crippen LogP contribution in [0.15, 0.2) is 10.5 Å². The number of nitrogens with one attached hydrogen (secondary N) is 1. The SMILES string of the molecule is CCCN(C1CCCNC1)C(C)c1cc(C)oc1C. The Kier molecular flexibility index (Phi) is 5.06. The van der Waals surface area contributed by atoms with Crippen LogP contribution in [-0.2, 0) is 0 Å². The van der Waals surface area contributed by atoms with Gasteiger partial charge in [0.1, 0.15) is 11.5 Å². The summed E-state index contributed by atoms with van der Waals surface area (Å²) >= 11 is 0. The Labute approximate surface area is 117 Å². The van der Waals surface area contributed by atoms with Crippen molar-refractivity contribution in [2.75, 3.05) is 19.6 Å². The van der Waals surface area contributed by atoms with Crippen molar-refractivity contribution in [3.05, 3.63) is 23.2 Å². The number of aryl methyl sites for hydroxylation is 2. The highest BCUT2D eigenvalue weighted by molar-refractivity contribution is 5.23. The first kappa shape index (κ1) is 14.6. The van der Waals surface area contributed by atoms with Gasteiger partial charge in [0.15, 0.2) is 0 Å². The summed E-state index contributed by atoms with van der Waals surface area (Å²) in [7, 11) is 0. The van der Waals surface area contributed by atoms with Crippen LogP contribution in [0.3, 0.4) is 0 Å². The summed E-state index contributed by atoms with van der Waals surface area (Å²) in [6.45, 7) is 12.2. The molecule has 3 heteroatoms. The molecular weight excluding hydrogens is 236 g/mol. The predicted molar refractivity (Wildman–Crippen MR) is 79.5 cm³/mol. The first-order chi connectivity index (χ1) is 9.13. The van der Waals surface area contributed by atoms with Crippen molar-refractivity contribution in [1.29, 1.82) is 0 Å². The second-order valence-corrected chi connectivity index (χ2v) is 5.78. The van der Waals surface area contributed by atoms with Crippen LogP contribution in [0, 0.1) is 13.8 Å². The smallest absolute Gasteiger partial charge is 0.105 e. The number of nitrogens with zero attached hydrogens (tertiary/aromatic N) is 1. The van der Waals surface area contributed by atoms with Crippen LogP contribution < -0.4 is 5.32 Å². The van der Waals surface area contributed by atoms with E-state index in [-0.39, 0.29) is 0 Å². The van der Waals surface area contributed by atoms with Crippen molar-refractivity contribution in [2.24, 2.45) is 0 Å². The minimum atomic E-state index is 0.447. The lowest BCUT2D eigenvalue weighted by molar-refractivity contribution is 0.120. The van der Waals surface area contributed by atoms with Crippen LogP contribution in [0.25, 0.3) is 0 Å². The fourth-order valence-corrected chi connectivity index (χ4v) is 3.31. The van der Waals surface area contributed by atoms with Crippen LogP contribution in [0.5, 0.6) is 0 Å². The molecule has 2 unspecified atom stereocenters. The van der Waals surface area contributed by atoms with E-state index in [1.165, 1.54) is 31.4 Å². The second-order valence-electron chi connectivity index (χ2n) is 5.78. The molecule has 0 amide bonds. The molecule has 1 saturated heterocycles. The van der Waals surface area contributed by atoms with E-state index >= 15 is 0 Å². The van der Waals surface area contributed by atoms with E-state index in [1.807, 2.05) is 6.92 Å². The van der Waals surface area contributed by atoms with E-state index in [0.29, 0.717) is 12.1 Å². The molecule has 2 rings (SSSR count). The van der Waals surface area contributed by atoms with E-state index in [0.717, 1.165) is 24.6 Å². The lowest BCUT2D eigenvalue weighted by atomic mass is 10.00. The Morgan fingerprint density at radius 2 is 2.26 bits per heavy atom. The van der Waals surface area contributed by atoms with Gasteiger partial charge in [-0.05, 0) is 59.2 Å². The topological polar surface area (TPSA) is 28.4 Å². The van der Waals surface area contributed by atoms with E-state index in [9.17, 15) is 0 Å². The maximum atomic E-state index is 5.71. The fourth-order valence-electron chi connectivity index (χ4n) is 3.31. The molecule has 1 N–H and O–H groups in total. The van der Waals surface area contributed by atoms with Crippen molar-refractivity contribution < 1.29 is 4.42 Å². The van der Waals surface area contributed by atoms with Crippen LogP contribution >= 0.6 is 0 Å². The van der Waals surface area contributed by atoms with Crippen molar-refractivity contribution in [2.45, 2.75) is 59.0 Å². The Bertz CT molecular complexity index is 393. The number of hydrogen-bond acceptors (Lipinski definition) is 3. The molecule has 108 valence electrons. The summed E-state index contributed by atoms with van der Waals surface area (Å²) < 4.78 is 5.71. The first-order valence-corrected chi connectivity index (χ1v) is 7.66. The van der Waals surface area contributed by atoms with Gasteiger partial charge in [0.2, 0.25) is 0 Å². The summed E-state index contributed by atoms with van der Waals surface area (Å²) in [5, 5.41) is 3.53. The van der Waals surface area contributed by atoms with Gasteiger partial charge in [-0.25, -0.2) is 0 Å². The summed E-state index contributed by atoms with van der Waals surface area (Å²) in [5.74, 6) is 2.10. The minimum absolute atomic E-state index is 0.447. The molecule has 0 aliphatic carbocycles. The lowest BCUT2D eigenvalue weighted by Gasteiger charge is -2.38. The standard InChI is InChI=1S/C16H28N2O/c1-5-9-18(15-7-6-8-17-11-15)13(3)16-10-12(2)19-14(16)4/h10,13,15,17H,5-9,11H2,1-4H3. The summed E-state index contributed by atoms with van der Waals surface area (Å²) in [4.78, 5) is 2.66. The first-order valence-electron chi connectivity index (χ1n) is 7.66. The molecule has 2 heterocycles. The quantitative estimate of drug-likeness (QED) is 0.883. The van der Waals surface area contributed by atoms with Crippen LogP contribution in [-0.4, -0.2) is 30.6 Å². The van der Waals surface area contributed by atoms with Gasteiger partial charge >= 0.3 is 0 Å². The Morgan fingerprint density at radius 3 is 2.79 bits per heavy atom. The average molecular weight is 264 g/mol. The zero-order valence-corrected chi connectivity index (χ0v) is 12.8. The Hall–Kier alpha value is -0.800. The molecule has 19 heavy (non-hydrogen) atoms. The second kappa shape index (κ2) is 6.58. The number of piperidine rings is 1. The van der Waals surface area contributed by atoms with Gasteiger partial charge in [-0.1, -0.05) is 6.92 Å². The van der Waals surface area contributed by atoms with E-state index in [4.69, 9.17) is 4.42 Å². The molecule has 0 radical (unpaired) electrons. The van der Waals surface area contributed by atoms with E-state index in [1.54, 1.807) is 0 Å². The molecule has 2 atom stereocenters. The van der Waals surface area contributed by atoms with E-state index < -0.39 is 0 Å². The number of hydrogen-bond donors (Lipinski definition) is 1. The highest BCUT2D eigenvalue weighted by Gasteiger charge is 2.27. The zero-order chi connectivity index (χ0) is 13.8. The van der Waals surface area contributed by atoms with Crippen LogP contribution in [0.1, 0.15) is 56.2 Å². The van der Waals surface area contributed by atoms with Gasteiger partial charge < -0.3 is 9.73 Å². The van der Waals surface area contributed by atoms with Gasteiger partial charge in [-0.15, -0.1) is 0 Å². The van der Waals surface area contributed by atoms with Gasteiger partial charge in [0.05, 0.1) is 0 Å². The molecule has 1 aromatic heterocycles. The van der Waals surface area contributed by atoms with Crippen molar-refractivity contribution in [3.63, 3.8) is 0 Å². The highest BCUT2D eigenvalue weighted by atomic mass is 16.3. The molecule has 0 saturated carbocycles. The average Bonchev–Trinajstić information content (AvgIpc) is 2.75. The third-order valence-corrected chi connectivity index (χ3v) is 4.25. The predicted octanol–water partition coefficient (Wildman–Crippen LogP) is 3.42. The van der Waals surface area contributed by atoms with Gasteiger partial charge in [0.25, 0.3) is 0 Å². The van der Waals surface area contributed by atoms with Crippen molar-refractivity contribution in [1.82, 2.24) is 10.2 Å². The third kappa shape index (κ3) is 3.40. The van der Waals surface area contributed by atoms with Gasteiger partial charge in [0, 0.05) is 24.2 Å². The molecule has 0 spiro atoms.